The molecule has 2 unspecified atom stereocenters. The summed E-state index contributed by atoms with van der Waals surface area (Å²) in [5, 5.41) is 0. The fraction of sp³-hybridized carbons (Fsp3) is 0.636. The van der Waals surface area contributed by atoms with Crippen molar-refractivity contribution >= 4 is 5.91 Å². The van der Waals surface area contributed by atoms with Crippen molar-refractivity contribution in [3.8, 4) is 0 Å². The number of hydrogen-bond acceptors (Lipinski definition) is 3. The van der Waals surface area contributed by atoms with Crippen LogP contribution >= 0.6 is 0 Å². The van der Waals surface area contributed by atoms with Crippen LogP contribution in [0.25, 0.3) is 0 Å². The van der Waals surface area contributed by atoms with Crippen molar-refractivity contribution in [2.75, 3.05) is 0 Å². The van der Waals surface area contributed by atoms with E-state index in [0.717, 1.165) is 17.9 Å². The van der Waals surface area contributed by atoms with Gasteiger partial charge in [0.1, 0.15) is 5.82 Å². The summed E-state index contributed by atoms with van der Waals surface area (Å²) in [4.78, 5) is 15.6. The Balaban J connectivity index is 2.21. The van der Waals surface area contributed by atoms with Crippen LogP contribution in [0.2, 0.25) is 0 Å². The highest BCUT2D eigenvalue weighted by atomic mass is 16.1. The second-order valence-electron chi connectivity index (χ2n) is 4.75. The molecule has 5 heteroatoms. The van der Waals surface area contributed by atoms with E-state index in [4.69, 9.17) is 11.5 Å². The Morgan fingerprint density at radius 2 is 2.31 bits per heavy atom. The number of amides is 1. The Labute approximate surface area is 94.8 Å². The van der Waals surface area contributed by atoms with Gasteiger partial charge in [0.25, 0.3) is 0 Å². The molecule has 2 rings (SSSR count). The van der Waals surface area contributed by atoms with Gasteiger partial charge in [0, 0.05) is 12.2 Å². The fourth-order valence-corrected chi connectivity index (χ4v) is 2.52. The third-order valence-electron chi connectivity index (χ3n) is 3.45. The minimum atomic E-state index is -0.838. The number of aromatic nitrogens is 2. The predicted molar refractivity (Wildman–Crippen MR) is 60.7 cm³/mol. The second kappa shape index (κ2) is 3.59. The molecule has 0 aromatic carbocycles. The first-order chi connectivity index (χ1) is 7.42. The lowest BCUT2D eigenvalue weighted by Gasteiger charge is -2.20. The molecule has 1 aliphatic rings. The van der Waals surface area contributed by atoms with E-state index in [1.54, 1.807) is 0 Å². The van der Waals surface area contributed by atoms with Gasteiger partial charge in [0.15, 0.2) is 0 Å². The van der Waals surface area contributed by atoms with E-state index in [0.29, 0.717) is 12.8 Å². The SMILES string of the molecule is Cc1cn(C2CCC(N)(C(N)=O)C2)c(C)n1. The lowest BCUT2D eigenvalue weighted by atomic mass is 9.98. The molecule has 4 N–H and O–H groups in total. The zero-order valence-corrected chi connectivity index (χ0v) is 9.73. The highest BCUT2D eigenvalue weighted by Crippen LogP contribution is 2.36. The van der Waals surface area contributed by atoms with Gasteiger partial charge >= 0.3 is 0 Å². The molecule has 0 saturated heterocycles. The van der Waals surface area contributed by atoms with E-state index in [9.17, 15) is 4.79 Å². The first-order valence-corrected chi connectivity index (χ1v) is 5.53. The molecule has 1 amide bonds. The number of nitrogens with zero attached hydrogens (tertiary/aromatic N) is 2. The van der Waals surface area contributed by atoms with Crippen molar-refractivity contribution in [3.05, 3.63) is 17.7 Å². The van der Waals surface area contributed by atoms with Crippen molar-refractivity contribution in [2.24, 2.45) is 11.5 Å². The number of primary amides is 1. The quantitative estimate of drug-likeness (QED) is 0.759. The van der Waals surface area contributed by atoms with Crippen molar-refractivity contribution < 1.29 is 4.79 Å². The minimum Gasteiger partial charge on any atom is -0.368 e. The molecule has 1 aromatic rings. The second-order valence-corrected chi connectivity index (χ2v) is 4.75. The number of carbonyl (C=O) groups is 1. The molecule has 5 nitrogen and oxygen atoms in total. The van der Waals surface area contributed by atoms with Crippen LogP contribution in [-0.2, 0) is 4.79 Å². The zero-order valence-electron chi connectivity index (χ0n) is 9.73. The van der Waals surface area contributed by atoms with Crippen LogP contribution in [0.5, 0.6) is 0 Å². The van der Waals surface area contributed by atoms with E-state index in [2.05, 4.69) is 9.55 Å². The summed E-state index contributed by atoms with van der Waals surface area (Å²) in [6.45, 7) is 3.93. The Hall–Kier alpha value is -1.36. The molecule has 88 valence electrons. The van der Waals surface area contributed by atoms with Gasteiger partial charge in [-0.3, -0.25) is 4.79 Å². The van der Waals surface area contributed by atoms with Crippen LogP contribution in [-0.4, -0.2) is 21.0 Å². The maximum Gasteiger partial charge on any atom is 0.237 e. The molecule has 1 fully saturated rings. The van der Waals surface area contributed by atoms with Crippen molar-refractivity contribution in [3.63, 3.8) is 0 Å². The molecule has 0 bridgehead atoms. The van der Waals surface area contributed by atoms with E-state index < -0.39 is 11.4 Å². The molecule has 0 spiro atoms. The summed E-state index contributed by atoms with van der Waals surface area (Å²) < 4.78 is 2.10. The Morgan fingerprint density at radius 1 is 1.62 bits per heavy atom. The molecular weight excluding hydrogens is 204 g/mol. The molecule has 0 radical (unpaired) electrons. The lowest BCUT2D eigenvalue weighted by molar-refractivity contribution is -0.123. The largest absolute Gasteiger partial charge is 0.368 e. The standard InChI is InChI=1S/C11H18N4O/c1-7-6-15(8(2)14-7)9-3-4-11(13,5-9)10(12)16/h6,9H,3-5,13H2,1-2H3,(H2,12,16). The van der Waals surface area contributed by atoms with Gasteiger partial charge in [-0.25, -0.2) is 4.98 Å². The van der Waals surface area contributed by atoms with Gasteiger partial charge in [0.05, 0.1) is 11.2 Å². The third kappa shape index (κ3) is 1.71. The third-order valence-corrected chi connectivity index (χ3v) is 3.45. The number of imidazole rings is 1. The highest BCUT2D eigenvalue weighted by Gasteiger charge is 2.41. The maximum atomic E-state index is 11.3. The molecule has 1 heterocycles. The average molecular weight is 222 g/mol. The van der Waals surface area contributed by atoms with Gasteiger partial charge in [-0.15, -0.1) is 0 Å². The fourth-order valence-electron chi connectivity index (χ4n) is 2.52. The first-order valence-electron chi connectivity index (χ1n) is 5.53. The molecule has 1 saturated carbocycles. The van der Waals surface area contributed by atoms with Crippen molar-refractivity contribution in [1.29, 1.82) is 0 Å². The normalized spacial score (nSPS) is 29.6. The summed E-state index contributed by atoms with van der Waals surface area (Å²) in [7, 11) is 0. The predicted octanol–water partition coefficient (Wildman–Crippen LogP) is 0.408. The Kier molecular flexibility index (Phi) is 2.50. The van der Waals surface area contributed by atoms with Crippen LogP contribution in [0, 0.1) is 13.8 Å². The smallest absolute Gasteiger partial charge is 0.237 e. The maximum absolute atomic E-state index is 11.3. The summed E-state index contributed by atoms with van der Waals surface area (Å²) in [6.07, 6.45) is 4.16. The van der Waals surface area contributed by atoms with Crippen LogP contribution in [0.3, 0.4) is 0 Å². The van der Waals surface area contributed by atoms with Crippen LogP contribution in [0.15, 0.2) is 6.20 Å². The molecular formula is C11H18N4O. The van der Waals surface area contributed by atoms with Gasteiger partial charge < -0.3 is 16.0 Å². The number of rotatable bonds is 2. The average Bonchev–Trinajstić information content (AvgIpc) is 2.71. The van der Waals surface area contributed by atoms with Gasteiger partial charge in [0.2, 0.25) is 5.91 Å². The highest BCUT2D eigenvalue weighted by molar-refractivity contribution is 5.84. The molecule has 2 atom stereocenters. The van der Waals surface area contributed by atoms with Crippen LogP contribution < -0.4 is 11.5 Å². The Morgan fingerprint density at radius 3 is 2.75 bits per heavy atom. The van der Waals surface area contributed by atoms with Gasteiger partial charge in [-0.05, 0) is 33.1 Å². The number of carbonyl (C=O) groups excluding carboxylic acids is 1. The Bertz CT molecular complexity index is 426. The molecule has 16 heavy (non-hydrogen) atoms. The number of hydrogen-bond donors (Lipinski definition) is 2. The number of nitrogens with two attached hydrogens (primary N) is 2. The van der Waals surface area contributed by atoms with Crippen molar-refractivity contribution in [2.45, 2.75) is 44.7 Å². The van der Waals surface area contributed by atoms with Gasteiger partial charge in [-0.1, -0.05) is 0 Å². The van der Waals surface area contributed by atoms with E-state index in [1.807, 2.05) is 20.0 Å². The lowest BCUT2D eigenvalue weighted by Crippen LogP contribution is -2.49. The zero-order chi connectivity index (χ0) is 11.9. The molecule has 1 aliphatic carbocycles. The van der Waals surface area contributed by atoms with E-state index >= 15 is 0 Å². The molecule has 1 aromatic heterocycles. The monoisotopic (exact) mass is 222 g/mol. The van der Waals surface area contributed by atoms with Crippen LogP contribution in [0.4, 0.5) is 0 Å². The van der Waals surface area contributed by atoms with E-state index in [1.165, 1.54) is 0 Å². The summed E-state index contributed by atoms with van der Waals surface area (Å²) >= 11 is 0. The minimum absolute atomic E-state index is 0.249. The first kappa shape index (κ1) is 11.1. The topological polar surface area (TPSA) is 86.9 Å². The van der Waals surface area contributed by atoms with E-state index in [-0.39, 0.29) is 6.04 Å². The van der Waals surface area contributed by atoms with Crippen LogP contribution in [0.1, 0.15) is 36.8 Å². The summed E-state index contributed by atoms with van der Waals surface area (Å²) in [5.74, 6) is 0.570. The summed E-state index contributed by atoms with van der Waals surface area (Å²) in [6, 6.07) is 0.249. The van der Waals surface area contributed by atoms with Crippen molar-refractivity contribution in [1.82, 2.24) is 9.55 Å². The summed E-state index contributed by atoms with van der Waals surface area (Å²) in [5.41, 5.74) is 11.5. The number of aryl methyl sites for hydroxylation is 2. The van der Waals surface area contributed by atoms with Gasteiger partial charge in [-0.2, -0.15) is 0 Å². The molecule has 0 aliphatic heterocycles.